The van der Waals surface area contributed by atoms with Crippen molar-refractivity contribution < 1.29 is 18.3 Å². The highest BCUT2D eigenvalue weighted by atomic mass is 79.9. The number of hydrogen-bond donors (Lipinski definition) is 0. The van der Waals surface area contributed by atoms with Crippen LogP contribution < -0.4 is 4.74 Å². The number of carbonyl (C=O) groups excluding carboxylic acids is 1. The summed E-state index contributed by atoms with van der Waals surface area (Å²) in [4.78, 5) is 12.8. The highest BCUT2D eigenvalue weighted by Gasteiger charge is 2.27. The number of hydrogen-bond acceptors (Lipinski definition) is 2. The molecule has 17 heavy (non-hydrogen) atoms. The van der Waals surface area contributed by atoms with Crippen LogP contribution in [0.4, 0.5) is 13.6 Å². The van der Waals surface area contributed by atoms with Crippen molar-refractivity contribution in [1.29, 1.82) is 0 Å². The van der Waals surface area contributed by atoms with Crippen molar-refractivity contribution in [2.45, 2.75) is 12.6 Å². The van der Waals surface area contributed by atoms with E-state index in [9.17, 15) is 13.6 Å². The van der Waals surface area contributed by atoms with Crippen LogP contribution in [0, 0.1) is 5.82 Å². The average Bonchev–Trinajstić information content (AvgIpc) is 2.69. The van der Waals surface area contributed by atoms with Crippen molar-refractivity contribution in [3.63, 3.8) is 0 Å². The number of nitrogens with zero attached hydrogens (tertiary/aromatic N) is 1. The molecule has 6 heteroatoms. The van der Waals surface area contributed by atoms with Gasteiger partial charge in [0.05, 0.1) is 6.54 Å². The molecule has 1 saturated heterocycles. The third kappa shape index (κ3) is 2.94. The molecule has 0 bridgehead atoms. The lowest BCUT2D eigenvalue weighted by atomic mass is 10.3. The van der Waals surface area contributed by atoms with Gasteiger partial charge in [-0.05, 0) is 24.6 Å². The molecule has 1 heterocycles. The minimum atomic E-state index is -1.02. The van der Waals surface area contributed by atoms with Gasteiger partial charge in [0.25, 0.3) is 0 Å². The molecule has 1 aromatic rings. The molecule has 92 valence electrons. The van der Waals surface area contributed by atoms with Crippen LogP contribution in [-0.2, 0) is 0 Å². The van der Waals surface area contributed by atoms with Crippen LogP contribution in [0.25, 0.3) is 0 Å². The van der Waals surface area contributed by atoms with E-state index >= 15 is 0 Å². The summed E-state index contributed by atoms with van der Waals surface area (Å²) in [5, 5.41) is 0. The first-order valence-corrected chi connectivity index (χ1v) is 5.91. The zero-order valence-corrected chi connectivity index (χ0v) is 10.4. The first-order valence-electron chi connectivity index (χ1n) is 5.12. The summed E-state index contributed by atoms with van der Waals surface area (Å²) in [6.07, 6.45) is -1.43. The maximum absolute atomic E-state index is 13.4. The minimum Gasteiger partial charge on any atom is -0.407 e. The molecule has 1 aromatic carbocycles. The first kappa shape index (κ1) is 12.3. The fraction of sp³-hybridized carbons (Fsp3) is 0.364. The van der Waals surface area contributed by atoms with Gasteiger partial charge >= 0.3 is 6.09 Å². The summed E-state index contributed by atoms with van der Waals surface area (Å²) in [5.41, 5.74) is 0. The number of rotatable bonds is 1. The van der Waals surface area contributed by atoms with Crippen molar-refractivity contribution in [3.8, 4) is 5.75 Å². The van der Waals surface area contributed by atoms with Crippen molar-refractivity contribution in [1.82, 2.24) is 4.90 Å². The Balaban J connectivity index is 2.03. The maximum Gasteiger partial charge on any atom is 0.415 e. The molecule has 2 rings (SSSR count). The predicted octanol–water partition coefficient (Wildman–Crippen LogP) is 3.13. The molecule has 0 spiro atoms. The van der Waals surface area contributed by atoms with Crippen LogP contribution in [0.5, 0.6) is 5.75 Å². The first-order chi connectivity index (χ1) is 8.06. The fourth-order valence-electron chi connectivity index (χ4n) is 1.60. The summed E-state index contributed by atoms with van der Waals surface area (Å²) >= 11 is 3.10. The number of carbonyl (C=O) groups is 1. The van der Waals surface area contributed by atoms with E-state index in [1.807, 2.05) is 0 Å². The smallest absolute Gasteiger partial charge is 0.407 e. The van der Waals surface area contributed by atoms with E-state index in [2.05, 4.69) is 15.9 Å². The predicted molar refractivity (Wildman–Crippen MR) is 61.2 cm³/mol. The van der Waals surface area contributed by atoms with E-state index in [4.69, 9.17) is 4.74 Å². The van der Waals surface area contributed by atoms with Crippen LogP contribution in [-0.4, -0.2) is 30.3 Å². The quantitative estimate of drug-likeness (QED) is 0.798. The Morgan fingerprint density at radius 1 is 1.53 bits per heavy atom. The Morgan fingerprint density at radius 2 is 2.29 bits per heavy atom. The molecule has 1 aliphatic rings. The molecule has 1 amide bonds. The summed E-state index contributed by atoms with van der Waals surface area (Å²) in [6, 6.07) is 4.11. The van der Waals surface area contributed by atoms with E-state index < -0.39 is 18.1 Å². The van der Waals surface area contributed by atoms with Gasteiger partial charge in [0.2, 0.25) is 0 Å². The zero-order valence-electron chi connectivity index (χ0n) is 8.83. The molecule has 0 N–H and O–H groups in total. The molecule has 0 aliphatic carbocycles. The van der Waals surface area contributed by atoms with Crippen molar-refractivity contribution in [2.75, 3.05) is 13.1 Å². The number of benzene rings is 1. The van der Waals surface area contributed by atoms with Crippen LogP contribution >= 0.6 is 15.9 Å². The van der Waals surface area contributed by atoms with Gasteiger partial charge in [0, 0.05) is 11.0 Å². The molecule has 1 atom stereocenters. The SMILES string of the molecule is O=C(Oc1ccc(Br)cc1F)N1CCC(F)C1. The third-order valence-electron chi connectivity index (χ3n) is 2.48. The van der Waals surface area contributed by atoms with Gasteiger partial charge < -0.3 is 9.64 Å². The number of ether oxygens (including phenoxy) is 1. The summed E-state index contributed by atoms with van der Waals surface area (Å²) in [7, 11) is 0. The molecular weight excluding hydrogens is 296 g/mol. The number of likely N-dealkylation sites (tertiary alicyclic amines) is 1. The van der Waals surface area contributed by atoms with Crippen molar-refractivity contribution in [2.24, 2.45) is 0 Å². The van der Waals surface area contributed by atoms with Crippen LogP contribution in [0.2, 0.25) is 0 Å². The van der Waals surface area contributed by atoms with E-state index in [1.165, 1.54) is 17.0 Å². The normalized spacial score (nSPS) is 19.5. The molecule has 0 radical (unpaired) electrons. The highest BCUT2D eigenvalue weighted by molar-refractivity contribution is 9.10. The lowest BCUT2D eigenvalue weighted by Crippen LogP contribution is -2.31. The highest BCUT2D eigenvalue weighted by Crippen LogP contribution is 2.23. The van der Waals surface area contributed by atoms with Gasteiger partial charge in [-0.3, -0.25) is 0 Å². The Morgan fingerprint density at radius 3 is 2.88 bits per heavy atom. The van der Waals surface area contributed by atoms with Crippen LogP contribution in [0.15, 0.2) is 22.7 Å². The van der Waals surface area contributed by atoms with Gasteiger partial charge in [-0.1, -0.05) is 15.9 Å². The fourth-order valence-corrected chi connectivity index (χ4v) is 1.93. The molecule has 1 fully saturated rings. The second-order valence-electron chi connectivity index (χ2n) is 3.77. The second kappa shape index (κ2) is 5.00. The summed E-state index contributed by atoms with van der Waals surface area (Å²) in [6.45, 7) is 0.315. The molecule has 1 unspecified atom stereocenters. The Hall–Kier alpha value is -1.17. The molecule has 1 aliphatic heterocycles. The minimum absolute atomic E-state index is 0.0109. The molecule has 0 aromatic heterocycles. The van der Waals surface area contributed by atoms with Gasteiger partial charge in [0.1, 0.15) is 6.17 Å². The topological polar surface area (TPSA) is 29.5 Å². The molecule has 3 nitrogen and oxygen atoms in total. The standard InChI is InChI=1S/C11H10BrF2NO2/c12-7-1-2-10(9(14)5-7)17-11(16)15-4-3-8(13)6-15/h1-2,5,8H,3-4,6H2. The van der Waals surface area contributed by atoms with Gasteiger partial charge in [0.15, 0.2) is 11.6 Å². The monoisotopic (exact) mass is 305 g/mol. The van der Waals surface area contributed by atoms with Crippen molar-refractivity contribution in [3.05, 3.63) is 28.5 Å². The Labute approximate surface area is 105 Å². The van der Waals surface area contributed by atoms with Gasteiger partial charge in [-0.15, -0.1) is 0 Å². The maximum atomic E-state index is 13.4. The third-order valence-corrected chi connectivity index (χ3v) is 2.97. The van der Waals surface area contributed by atoms with E-state index in [-0.39, 0.29) is 12.3 Å². The summed E-state index contributed by atoms with van der Waals surface area (Å²) in [5.74, 6) is -0.788. The van der Waals surface area contributed by atoms with Crippen LogP contribution in [0.3, 0.4) is 0 Å². The summed E-state index contributed by atoms with van der Waals surface area (Å²) < 4.78 is 31.7. The molecule has 0 saturated carbocycles. The Bertz CT molecular complexity index is 441. The lowest BCUT2D eigenvalue weighted by molar-refractivity contribution is 0.157. The van der Waals surface area contributed by atoms with E-state index in [1.54, 1.807) is 6.07 Å². The van der Waals surface area contributed by atoms with E-state index in [0.29, 0.717) is 17.4 Å². The van der Waals surface area contributed by atoms with Gasteiger partial charge in [-0.2, -0.15) is 0 Å². The number of alkyl halides is 1. The second-order valence-corrected chi connectivity index (χ2v) is 4.69. The zero-order chi connectivity index (χ0) is 12.4. The van der Waals surface area contributed by atoms with E-state index in [0.717, 1.165) is 0 Å². The largest absolute Gasteiger partial charge is 0.415 e. The lowest BCUT2D eigenvalue weighted by Gasteiger charge is -2.15. The van der Waals surface area contributed by atoms with Crippen LogP contribution in [0.1, 0.15) is 6.42 Å². The number of halogens is 3. The number of amides is 1. The van der Waals surface area contributed by atoms with Gasteiger partial charge in [-0.25, -0.2) is 13.6 Å². The Kier molecular flexibility index (Phi) is 3.61. The average molecular weight is 306 g/mol. The van der Waals surface area contributed by atoms with Crippen molar-refractivity contribution >= 4 is 22.0 Å². The molecular formula is C11H10BrF2NO2.